The van der Waals surface area contributed by atoms with Gasteiger partial charge in [0.1, 0.15) is 5.60 Å². The van der Waals surface area contributed by atoms with E-state index in [-0.39, 0.29) is 11.9 Å². The van der Waals surface area contributed by atoms with Crippen LogP contribution >= 0.6 is 0 Å². The third-order valence-corrected chi connectivity index (χ3v) is 7.95. The minimum absolute atomic E-state index is 0.140. The quantitative estimate of drug-likeness (QED) is 0.173. The highest BCUT2D eigenvalue weighted by Gasteiger charge is 2.21. The second-order valence-electron chi connectivity index (χ2n) is 12.1. The monoisotopic (exact) mass is 604 g/mol. The Labute approximate surface area is 264 Å². The number of nitrogens with one attached hydrogen (secondary N) is 1. The molecule has 0 aliphatic carbocycles. The Morgan fingerprint density at radius 1 is 0.800 bits per heavy atom. The highest BCUT2D eigenvalue weighted by atomic mass is 16.6. The first-order valence-electron chi connectivity index (χ1n) is 15.0. The minimum Gasteiger partial charge on any atom is -0.493 e. The average Bonchev–Trinajstić information content (AvgIpc) is 3.27. The molecule has 7 heteroatoms. The van der Waals surface area contributed by atoms with Gasteiger partial charge in [-0.25, -0.2) is 4.79 Å². The SMILES string of the molecule is COc1ccc(CNC(=O)c2ccc3c(c2)c(C)c(C)n3Cc2ccc(-c3ccccc3C(=O)OC(C)(C)C)cc2)cc1OC. The fraction of sp³-hybridized carbons (Fsp3) is 0.263. The van der Waals surface area contributed by atoms with Crippen molar-refractivity contribution in [1.29, 1.82) is 0 Å². The fourth-order valence-electron chi connectivity index (χ4n) is 5.49. The van der Waals surface area contributed by atoms with Gasteiger partial charge in [-0.2, -0.15) is 0 Å². The van der Waals surface area contributed by atoms with Gasteiger partial charge in [0.25, 0.3) is 5.91 Å². The summed E-state index contributed by atoms with van der Waals surface area (Å²) >= 11 is 0. The van der Waals surface area contributed by atoms with Crippen LogP contribution in [0, 0.1) is 13.8 Å². The first-order valence-corrected chi connectivity index (χ1v) is 15.0. The molecule has 5 aromatic rings. The zero-order valence-electron chi connectivity index (χ0n) is 27.0. The molecule has 1 aromatic heterocycles. The summed E-state index contributed by atoms with van der Waals surface area (Å²) in [7, 11) is 3.19. The first-order chi connectivity index (χ1) is 21.5. The van der Waals surface area contributed by atoms with E-state index in [1.165, 1.54) is 0 Å². The van der Waals surface area contributed by atoms with Gasteiger partial charge in [-0.15, -0.1) is 0 Å². The largest absolute Gasteiger partial charge is 0.493 e. The van der Waals surface area contributed by atoms with Crippen molar-refractivity contribution >= 4 is 22.8 Å². The van der Waals surface area contributed by atoms with Gasteiger partial charge in [-0.3, -0.25) is 4.79 Å². The highest BCUT2D eigenvalue weighted by molar-refractivity contribution is 5.99. The van der Waals surface area contributed by atoms with Crippen LogP contribution in [0.25, 0.3) is 22.0 Å². The lowest BCUT2D eigenvalue weighted by molar-refractivity contribution is 0.00703. The molecule has 45 heavy (non-hydrogen) atoms. The summed E-state index contributed by atoms with van der Waals surface area (Å²) in [5.74, 6) is 0.797. The van der Waals surface area contributed by atoms with Crippen LogP contribution in [-0.4, -0.2) is 36.3 Å². The third kappa shape index (κ3) is 6.88. The van der Waals surface area contributed by atoms with E-state index in [1.54, 1.807) is 20.3 Å². The molecule has 232 valence electrons. The van der Waals surface area contributed by atoms with Crippen molar-refractivity contribution in [2.24, 2.45) is 0 Å². The van der Waals surface area contributed by atoms with E-state index in [0.717, 1.165) is 44.4 Å². The topological polar surface area (TPSA) is 78.8 Å². The number of benzene rings is 4. The first kappa shape index (κ1) is 31.4. The summed E-state index contributed by atoms with van der Waals surface area (Å²) in [5, 5.41) is 4.07. The molecule has 4 aromatic carbocycles. The fourth-order valence-corrected chi connectivity index (χ4v) is 5.49. The van der Waals surface area contributed by atoms with Crippen LogP contribution < -0.4 is 14.8 Å². The number of amides is 1. The van der Waals surface area contributed by atoms with E-state index in [1.807, 2.05) is 87.5 Å². The molecule has 0 atom stereocenters. The number of aromatic nitrogens is 1. The predicted octanol–water partition coefficient (Wildman–Crippen LogP) is 7.88. The van der Waals surface area contributed by atoms with Crippen molar-refractivity contribution in [3.8, 4) is 22.6 Å². The van der Waals surface area contributed by atoms with Crippen molar-refractivity contribution in [3.05, 3.63) is 118 Å². The number of rotatable bonds is 9. The average molecular weight is 605 g/mol. The maximum Gasteiger partial charge on any atom is 0.339 e. The van der Waals surface area contributed by atoms with Crippen molar-refractivity contribution in [2.45, 2.75) is 53.3 Å². The van der Waals surface area contributed by atoms with Crippen LogP contribution in [0.1, 0.15) is 63.9 Å². The van der Waals surface area contributed by atoms with Crippen LogP contribution in [-0.2, 0) is 17.8 Å². The van der Waals surface area contributed by atoms with E-state index in [0.29, 0.717) is 35.7 Å². The van der Waals surface area contributed by atoms with Crippen molar-refractivity contribution in [1.82, 2.24) is 9.88 Å². The van der Waals surface area contributed by atoms with Gasteiger partial charge in [0, 0.05) is 35.2 Å². The number of ether oxygens (including phenoxy) is 3. The molecule has 0 aliphatic heterocycles. The Hall–Kier alpha value is -5.04. The van der Waals surface area contributed by atoms with Gasteiger partial charge in [0.2, 0.25) is 0 Å². The molecular weight excluding hydrogens is 564 g/mol. The number of aryl methyl sites for hydroxylation is 1. The molecule has 0 fully saturated rings. The summed E-state index contributed by atoms with van der Waals surface area (Å²) < 4.78 is 18.6. The zero-order valence-corrected chi connectivity index (χ0v) is 27.0. The summed E-state index contributed by atoms with van der Waals surface area (Å²) in [6.45, 7) is 10.9. The summed E-state index contributed by atoms with van der Waals surface area (Å²) in [5.41, 5.74) is 7.78. The molecule has 0 bridgehead atoms. The number of fused-ring (bicyclic) bond motifs is 1. The lowest BCUT2D eigenvalue weighted by Crippen LogP contribution is -2.24. The standard InChI is InChI=1S/C38H40N2O5/c1-24-25(2)40(23-26-12-15-28(16-13-26)30-10-8-9-11-31(30)37(42)45-38(3,4)5)33-18-17-29(21-32(24)33)36(41)39-22-27-14-19-34(43-6)35(20-27)44-7/h8-21H,22-23H2,1-7H3,(H,39,41). The Morgan fingerprint density at radius 2 is 1.49 bits per heavy atom. The van der Waals surface area contributed by atoms with Gasteiger partial charge in [0.15, 0.2) is 11.5 Å². The number of hydrogen-bond donors (Lipinski definition) is 1. The number of esters is 1. The summed E-state index contributed by atoms with van der Waals surface area (Å²) in [4.78, 5) is 26.0. The van der Waals surface area contributed by atoms with Gasteiger partial charge < -0.3 is 24.1 Å². The molecule has 1 amide bonds. The molecule has 0 spiro atoms. The molecule has 5 rings (SSSR count). The molecule has 0 saturated carbocycles. The van der Waals surface area contributed by atoms with E-state index < -0.39 is 5.60 Å². The molecule has 0 radical (unpaired) electrons. The Balaban J connectivity index is 1.33. The molecule has 7 nitrogen and oxygen atoms in total. The van der Waals surface area contributed by atoms with Gasteiger partial charge in [-0.1, -0.05) is 48.5 Å². The van der Waals surface area contributed by atoms with Crippen LogP contribution in [0.3, 0.4) is 0 Å². The summed E-state index contributed by atoms with van der Waals surface area (Å²) in [6, 6.07) is 27.3. The normalized spacial score (nSPS) is 11.4. The second kappa shape index (κ2) is 12.9. The molecule has 1 N–H and O–H groups in total. The lowest BCUT2D eigenvalue weighted by atomic mass is 9.98. The minimum atomic E-state index is -0.569. The van der Waals surface area contributed by atoms with Gasteiger partial charge in [0.05, 0.1) is 19.8 Å². The zero-order chi connectivity index (χ0) is 32.3. The maximum absolute atomic E-state index is 13.1. The lowest BCUT2D eigenvalue weighted by Gasteiger charge is -2.20. The number of hydrogen-bond acceptors (Lipinski definition) is 5. The van der Waals surface area contributed by atoms with Crippen LogP contribution in [0.5, 0.6) is 11.5 Å². The predicted molar refractivity (Wildman–Crippen MR) is 178 cm³/mol. The Bertz CT molecular complexity index is 1860. The number of carbonyl (C=O) groups is 2. The Kier molecular flexibility index (Phi) is 9.00. The Morgan fingerprint density at radius 3 is 2.18 bits per heavy atom. The number of nitrogens with zero attached hydrogens (tertiary/aromatic N) is 1. The van der Waals surface area contributed by atoms with Crippen LogP contribution in [0.2, 0.25) is 0 Å². The van der Waals surface area contributed by atoms with Crippen LogP contribution in [0.15, 0.2) is 84.9 Å². The van der Waals surface area contributed by atoms with Gasteiger partial charge in [-0.05, 0) is 98.8 Å². The van der Waals surface area contributed by atoms with E-state index in [2.05, 4.69) is 35.9 Å². The molecule has 0 aliphatic rings. The van der Waals surface area contributed by atoms with E-state index in [4.69, 9.17) is 14.2 Å². The van der Waals surface area contributed by atoms with Crippen LogP contribution in [0.4, 0.5) is 0 Å². The van der Waals surface area contributed by atoms with Crippen molar-refractivity contribution in [3.63, 3.8) is 0 Å². The molecular formula is C38H40N2O5. The smallest absolute Gasteiger partial charge is 0.339 e. The maximum atomic E-state index is 13.1. The van der Waals surface area contributed by atoms with Gasteiger partial charge >= 0.3 is 5.97 Å². The third-order valence-electron chi connectivity index (χ3n) is 7.95. The molecule has 1 heterocycles. The van der Waals surface area contributed by atoms with E-state index in [9.17, 15) is 9.59 Å². The molecule has 0 unspecified atom stereocenters. The van der Waals surface area contributed by atoms with Crippen molar-refractivity contribution < 1.29 is 23.8 Å². The van der Waals surface area contributed by atoms with Crippen molar-refractivity contribution in [2.75, 3.05) is 14.2 Å². The highest BCUT2D eigenvalue weighted by Crippen LogP contribution is 2.30. The number of methoxy groups -OCH3 is 2. The number of carbonyl (C=O) groups excluding carboxylic acids is 2. The second-order valence-corrected chi connectivity index (χ2v) is 12.1. The van der Waals surface area contributed by atoms with E-state index >= 15 is 0 Å². The summed E-state index contributed by atoms with van der Waals surface area (Å²) in [6.07, 6.45) is 0. The molecule has 0 saturated heterocycles.